The van der Waals surface area contributed by atoms with Crippen molar-refractivity contribution in [2.75, 3.05) is 25.0 Å². The lowest BCUT2D eigenvalue weighted by molar-refractivity contribution is -0.152. The molecule has 1 heterocycles. The van der Waals surface area contributed by atoms with Gasteiger partial charge in [-0.15, -0.1) is 0 Å². The van der Waals surface area contributed by atoms with Crippen LogP contribution in [0.5, 0.6) is 0 Å². The minimum atomic E-state index is -0.430. The monoisotopic (exact) mass is 332 g/mol. The zero-order valence-electron chi connectivity index (χ0n) is 14.2. The number of hydrogen-bond acceptors (Lipinski definition) is 4. The van der Waals surface area contributed by atoms with Crippen LogP contribution in [0.4, 0.5) is 5.69 Å². The summed E-state index contributed by atoms with van der Waals surface area (Å²) in [7, 11) is 0. The first-order valence-corrected chi connectivity index (χ1v) is 8.24. The van der Waals surface area contributed by atoms with Crippen molar-refractivity contribution in [2.45, 2.75) is 33.1 Å². The lowest BCUT2D eigenvalue weighted by Gasteiger charge is -2.30. The number of nitrogens with zero attached hydrogens (tertiary/aromatic N) is 1. The first kappa shape index (κ1) is 18.0. The Labute approximate surface area is 142 Å². The van der Waals surface area contributed by atoms with Crippen molar-refractivity contribution in [3.8, 4) is 0 Å². The van der Waals surface area contributed by atoms with Crippen molar-refractivity contribution in [3.05, 3.63) is 29.8 Å². The van der Waals surface area contributed by atoms with E-state index in [2.05, 4.69) is 12.2 Å². The minimum absolute atomic E-state index is 0.101. The Bertz CT molecular complexity index is 598. The quantitative estimate of drug-likeness (QED) is 0.837. The number of benzene rings is 1. The summed E-state index contributed by atoms with van der Waals surface area (Å²) < 4.78 is 5.09. The van der Waals surface area contributed by atoms with E-state index in [0.717, 1.165) is 31.5 Å². The van der Waals surface area contributed by atoms with Crippen molar-refractivity contribution in [3.63, 3.8) is 0 Å². The Kier molecular flexibility index (Phi) is 6.35. The fourth-order valence-electron chi connectivity index (χ4n) is 2.78. The molecule has 0 aliphatic carbocycles. The summed E-state index contributed by atoms with van der Waals surface area (Å²) >= 11 is 0. The molecular weight excluding hydrogens is 308 g/mol. The second-order valence-corrected chi connectivity index (χ2v) is 6.30. The van der Waals surface area contributed by atoms with Crippen LogP contribution in [0.15, 0.2) is 24.3 Å². The van der Waals surface area contributed by atoms with E-state index in [1.165, 1.54) is 6.92 Å². The molecule has 0 spiro atoms. The van der Waals surface area contributed by atoms with E-state index in [1.54, 1.807) is 29.2 Å². The predicted octanol–water partition coefficient (Wildman–Crippen LogP) is 1.99. The van der Waals surface area contributed by atoms with Gasteiger partial charge < -0.3 is 15.0 Å². The summed E-state index contributed by atoms with van der Waals surface area (Å²) in [5.74, 6) is -0.204. The van der Waals surface area contributed by atoms with Crippen LogP contribution in [0.1, 0.15) is 32.3 Å². The minimum Gasteiger partial charge on any atom is -0.455 e. The summed E-state index contributed by atoms with van der Waals surface area (Å²) in [4.78, 5) is 36.6. The van der Waals surface area contributed by atoms with Gasteiger partial charge in [-0.2, -0.15) is 0 Å². The molecule has 1 atom stereocenters. The Morgan fingerprint density at radius 2 is 1.96 bits per heavy atom. The molecular formula is C18H24N2O4. The molecule has 6 nitrogen and oxygen atoms in total. The van der Waals surface area contributed by atoms with Crippen molar-refractivity contribution in [1.29, 1.82) is 0 Å². The Hall–Kier alpha value is -2.37. The molecule has 0 saturated carbocycles. The number of hydrogen-bond donors (Lipinski definition) is 1. The zero-order valence-corrected chi connectivity index (χ0v) is 14.2. The number of anilines is 1. The van der Waals surface area contributed by atoms with Crippen molar-refractivity contribution in [1.82, 2.24) is 4.90 Å². The molecule has 1 aliphatic rings. The van der Waals surface area contributed by atoms with Gasteiger partial charge in [0.15, 0.2) is 6.61 Å². The third-order valence-electron chi connectivity index (χ3n) is 3.99. The first-order valence-electron chi connectivity index (χ1n) is 8.24. The van der Waals surface area contributed by atoms with Crippen LogP contribution in [-0.4, -0.2) is 42.4 Å². The van der Waals surface area contributed by atoms with E-state index in [-0.39, 0.29) is 24.8 Å². The van der Waals surface area contributed by atoms with E-state index < -0.39 is 5.97 Å². The predicted molar refractivity (Wildman–Crippen MR) is 90.4 cm³/mol. The number of carbonyl (C=O) groups excluding carboxylic acids is 3. The van der Waals surface area contributed by atoms with Crippen LogP contribution in [0.2, 0.25) is 0 Å². The number of amides is 2. The molecule has 2 amide bonds. The maximum atomic E-state index is 12.1. The third-order valence-corrected chi connectivity index (χ3v) is 3.99. The molecule has 1 saturated heterocycles. The van der Waals surface area contributed by atoms with Gasteiger partial charge in [-0.3, -0.25) is 14.4 Å². The van der Waals surface area contributed by atoms with Crippen LogP contribution in [-0.2, 0) is 25.5 Å². The lowest BCUT2D eigenvalue weighted by atomic mass is 10.0. The third kappa shape index (κ3) is 5.68. The second-order valence-electron chi connectivity index (χ2n) is 6.30. The average Bonchev–Trinajstić information content (AvgIpc) is 2.54. The maximum Gasteiger partial charge on any atom is 0.310 e. The summed E-state index contributed by atoms with van der Waals surface area (Å²) in [5.41, 5.74) is 1.45. The van der Waals surface area contributed by atoms with Gasteiger partial charge in [-0.05, 0) is 36.5 Å². The standard InChI is InChI=1S/C18H24N2O4/c1-13-4-3-9-20(11-13)17(22)12-24-18(23)10-15-5-7-16(8-6-15)19-14(2)21/h5-8,13H,3-4,9-12H2,1-2H3,(H,19,21)/t13-/m0/s1. The van der Waals surface area contributed by atoms with Gasteiger partial charge in [0.25, 0.3) is 5.91 Å². The van der Waals surface area contributed by atoms with Gasteiger partial charge in [0.1, 0.15) is 0 Å². The first-order chi connectivity index (χ1) is 11.4. The summed E-state index contributed by atoms with van der Waals surface area (Å²) in [6.07, 6.45) is 2.24. The van der Waals surface area contributed by atoms with Crippen molar-refractivity contribution >= 4 is 23.5 Å². The van der Waals surface area contributed by atoms with Gasteiger partial charge in [-0.1, -0.05) is 19.1 Å². The number of rotatable bonds is 5. The largest absolute Gasteiger partial charge is 0.455 e. The van der Waals surface area contributed by atoms with Gasteiger partial charge in [0.05, 0.1) is 6.42 Å². The Morgan fingerprint density at radius 1 is 1.25 bits per heavy atom. The molecule has 0 bridgehead atoms. The molecule has 0 unspecified atom stereocenters. The van der Waals surface area contributed by atoms with E-state index in [1.807, 2.05) is 0 Å². The van der Waals surface area contributed by atoms with Gasteiger partial charge >= 0.3 is 5.97 Å². The highest BCUT2D eigenvalue weighted by atomic mass is 16.5. The maximum absolute atomic E-state index is 12.1. The van der Waals surface area contributed by atoms with Crippen LogP contribution in [0.25, 0.3) is 0 Å². The highest BCUT2D eigenvalue weighted by Crippen LogP contribution is 2.15. The molecule has 6 heteroatoms. The molecule has 1 aromatic rings. The number of likely N-dealkylation sites (tertiary alicyclic amines) is 1. The van der Waals surface area contributed by atoms with Gasteiger partial charge in [0.2, 0.25) is 5.91 Å². The normalized spacial score (nSPS) is 17.2. The molecule has 1 fully saturated rings. The Morgan fingerprint density at radius 3 is 2.58 bits per heavy atom. The van der Waals surface area contributed by atoms with Crippen LogP contribution < -0.4 is 5.32 Å². The highest BCUT2D eigenvalue weighted by Gasteiger charge is 2.21. The zero-order chi connectivity index (χ0) is 17.5. The highest BCUT2D eigenvalue weighted by molar-refractivity contribution is 5.88. The molecule has 0 radical (unpaired) electrons. The second kappa shape index (κ2) is 8.47. The van der Waals surface area contributed by atoms with Crippen LogP contribution >= 0.6 is 0 Å². The van der Waals surface area contributed by atoms with Crippen LogP contribution in [0, 0.1) is 5.92 Å². The summed E-state index contributed by atoms with van der Waals surface area (Å²) in [6, 6.07) is 6.95. The smallest absolute Gasteiger partial charge is 0.310 e. The molecule has 1 aliphatic heterocycles. The average molecular weight is 332 g/mol. The number of esters is 1. The van der Waals surface area contributed by atoms with Crippen molar-refractivity contribution < 1.29 is 19.1 Å². The van der Waals surface area contributed by atoms with E-state index in [0.29, 0.717) is 11.6 Å². The van der Waals surface area contributed by atoms with E-state index in [9.17, 15) is 14.4 Å². The molecule has 130 valence electrons. The molecule has 24 heavy (non-hydrogen) atoms. The number of nitrogens with one attached hydrogen (secondary N) is 1. The topological polar surface area (TPSA) is 75.7 Å². The SMILES string of the molecule is CC(=O)Nc1ccc(CC(=O)OCC(=O)N2CCC[C@H](C)C2)cc1. The Balaban J connectivity index is 1.76. The number of carbonyl (C=O) groups is 3. The molecule has 2 rings (SSSR count). The molecule has 0 aromatic heterocycles. The molecule has 1 N–H and O–H groups in total. The summed E-state index contributed by atoms with van der Waals surface area (Å²) in [5, 5.41) is 2.66. The fourth-order valence-corrected chi connectivity index (χ4v) is 2.78. The van der Waals surface area contributed by atoms with E-state index >= 15 is 0 Å². The van der Waals surface area contributed by atoms with Crippen molar-refractivity contribution in [2.24, 2.45) is 5.92 Å². The fraction of sp³-hybridized carbons (Fsp3) is 0.500. The number of piperidine rings is 1. The number of ether oxygens (including phenoxy) is 1. The lowest BCUT2D eigenvalue weighted by Crippen LogP contribution is -2.41. The van der Waals surface area contributed by atoms with E-state index in [4.69, 9.17) is 4.74 Å². The molecule has 1 aromatic carbocycles. The summed E-state index contributed by atoms with van der Waals surface area (Å²) in [6.45, 7) is 4.84. The van der Waals surface area contributed by atoms with Gasteiger partial charge in [0, 0.05) is 25.7 Å². The van der Waals surface area contributed by atoms with Gasteiger partial charge in [-0.25, -0.2) is 0 Å². The van der Waals surface area contributed by atoms with Crippen LogP contribution in [0.3, 0.4) is 0 Å².